The first kappa shape index (κ1) is 19.6. The van der Waals surface area contributed by atoms with Crippen LogP contribution in [0.5, 0.6) is 0 Å². The van der Waals surface area contributed by atoms with E-state index in [2.05, 4.69) is 20.5 Å². The number of carbonyl (C=O) groups is 1. The lowest BCUT2D eigenvalue weighted by atomic mass is 10.1. The van der Waals surface area contributed by atoms with Crippen molar-refractivity contribution in [3.63, 3.8) is 0 Å². The van der Waals surface area contributed by atoms with Gasteiger partial charge in [0.05, 0.1) is 24.1 Å². The Balaban J connectivity index is 1.69. The van der Waals surface area contributed by atoms with Crippen LogP contribution in [-0.2, 0) is 13.1 Å². The molecular weight excluding hydrogens is 397 g/mol. The molecule has 0 saturated heterocycles. The fourth-order valence-corrected chi connectivity index (χ4v) is 3.01. The van der Waals surface area contributed by atoms with Gasteiger partial charge in [0.1, 0.15) is 17.1 Å². The van der Waals surface area contributed by atoms with Crippen molar-refractivity contribution in [1.82, 2.24) is 29.7 Å². The number of benzene rings is 1. The lowest BCUT2D eigenvalue weighted by Crippen LogP contribution is -2.23. The average molecular weight is 414 g/mol. The number of halogens is 3. The van der Waals surface area contributed by atoms with Crippen molar-refractivity contribution < 1.29 is 18.0 Å². The highest BCUT2D eigenvalue weighted by Crippen LogP contribution is 2.27. The molecule has 7 nitrogen and oxygen atoms in total. The zero-order valence-corrected chi connectivity index (χ0v) is 15.9. The van der Waals surface area contributed by atoms with Gasteiger partial charge >= 0.3 is 0 Å². The van der Waals surface area contributed by atoms with E-state index in [0.717, 1.165) is 4.52 Å². The first-order valence-corrected chi connectivity index (χ1v) is 9.19. The lowest BCUT2D eigenvalue weighted by molar-refractivity contribution is 0.0951. The summed E-state index contributed by atoms with van der Waals surface area (Å²) in [6.07, 6.45) is 0.147. The molecule has 0 aliphatic heterocycles. The predicted octanol–water partition coefficient (Wildman–Crippen LogP) is 3.62. The molecule has 0 aliphatic rings. The van der Waals surface area contributed by atoms with Crippen molar-refractivity contribution in [1.29, 1.82) is 0 Å². The van der Waals surface area contributed by atoms with Gasteiger partial charge in [-0.3, -0.25) is 9.48 Å². The summed E-state index contributed by atoms with van der Waals surface area (Å²) in [6.45, 7) is 2.82. The number of nitrogens with one attached hydrogen (secondary N) is 1. The van der Waals surface area contributed by atoms with Gasteiger partial charge in [-0.2, -0.15) is 10.2 Å². The third-order valence-corrected chi connectivity index (χ3v) is 4.56. The fourth-order valence-electron chi connectivity index (χ4n) is 3.01. The summed E-state index contributed by atoms with van der Waals surface area (Å²) in [5.41, 5.74) is 0.918. The Morgan fingerprint density at radius 3 is 2.63 bits per heavy atom. The second-order valence-corrected chi connectivity index (χ2v) is 6.51. The number of carbonyl (C=O) groups excluding carboxylic acids is 1. The molecule has 3 aromatic heterocycles. The fraction of sp³-hybridized carbons (Fsp3) is 0.200. The van der Waals surface area contributed by atoms with Crippen LogP contribution in [0.4, 0.5) is 13.2 Å². The SMILES string of the molecule is CCn1ccc(CNC(=O)c2cnn3c(C(F)F)cc(-c4ccc(F)cc4)nc23)n1. The van der Waals surface area contributed by atoms with Gasteiger partial charge in [0, 0.05) is 18.3 Å². The second-order valence-electron chi connectivity index (χ2n) is 6.51. The lowest BCUT2D eigenvalue weighted by Gasteiger charge is -2.09. The van der Waals surface area contributed by atoms with Crippen LogP contribution in [-0.4, -0.2) is 30.3 Å². The van der Waals surface area contributed by atoms with Crippen LogP contribution in [0.1, 0.15) is 35.1 Å². The van der Waals surface area contributed by atoms with E-state index in [-0.39, 0.29) is 23.4 Å². The minimum Gasteiger partial charge on any atom is -0.346 e. The third kappa shape index (κ3) is 3.76. The second kappa shape index (κ2) is 7.97. The summed E-state index contributed by atoms with van der Waals surface area (Å²) >= 11 is 0. The maximum atomic E-state index is 13.6. The molecule has 0 aliphatic carbocycles. The Morgan fingerprint density at radius 1 is 1.20 bits per heavy atom. The van der Waals surface area contributed by atoms with E-state index in [4.69, 9.17) is 0 Å². The average Bonchev–Trinajstić information content (AvgIpc) is 3.38. The molecule has 30 heavy (non-hydrogen) atoms. The number of aromatic nitrogens is 5. The molecule has 0 radical (unpaired) electrons. The first-order valence-electron chi connectivity index (χ1n) is 9.19. The number of amides is 1. The van der Waals surface area contributed by atoms with Gasteiger partial charge in [0.25, 0.3) is 12.3 Å². The van der Waals surface area contributed by atoms with E-state index in [1.54, 1.807) is 16.9 Å². The molecule has 154 valence electrons. The molecule has 0 fully saturated rings. The first-order chi connectivity index (χ1) is 14.5. The number of fused-ring (bicyclic) bond motifs is 1. The maximum Gasteiger partial charge on any atom is 0.280 e. The van der Waals surface area contributed by atoms with Gasteiger partial charge in [-0.15, -0.1) is 0 Å². The van der Waals surface area contributed by atoms with Gasteiger partial charge < -0.3 is 5.32 Å². The van der Waals surface area contributed by atoms with Crippen molar-refractivity contribution in [2.24, 2.45) is 0 Å². The van der Waals surface area contributed by atoms with Gasteiger partial charge in [-0.25, -0.2) is 22.7 Å². The topological polar surface area (TPSA) is 77.1 Å². The summed E-state index contributed by atoms with van der Waals surface area (Å²) in [7, 11) is 0. The summed E-state index contributed by atoms with van der Waals surface area (Å²) in [4.78, 5) is 17.0. The van der Waals surface area contributed by atoms with E-state index in [9.17, 15) is 18.0 Å². The van der Waals surface area contributed by atoms with Crippen LogP contribution in [0, 0.1) is 5.82 Å². The highest BCUT2D eigenvalue weighted by molar-refractivity contribution is 5.99. The Morgan fingerprint density at radius 2 is 1.97 bits per heavy atom. The predicted molar refractivity (Wildman–Crippen MR) is 102 cm³/mol. The van der Waals surface area contributed by atoms with Crippen molar-refractivity contribution in [3.05, 3.63) is 71.6 Å². The summed E-state index contributed by atoms with van der Waals surface area (Å²) in [5.74, 6) is -0.969. The number of rotatable bonds is 6. The molecule has 1 N–H and O–H groups in total. The van der Waals surface area contributed by atoms with Crippen molar-refractivity contribution in [3.8, 4) is 11.3 Å². The molecule has 1 amide bonds. The molecule has 0 bridgehead atoms. The van der Waals surface area contributed by atoms with Crippen LogP contribution >= 0.6 is 0 Å². The monoisotopic (exact) mass is 414 g/mol. The van der Waals surface area contributed by atoms with E-state index >= 15 is 0 Å². The number of aryl methyl sites for hydroxylation is 1. The molecule has 0 saturated carbocycles. The minimum atomic E-state index is -2.84. The molecule has 0 unspecified atom stereocenters. The molecule has 0 spiro atoms. The molecule has 4 aromatic rings. The summed E-state index contributed by atoms with van der Waals surface area (Å²) < 4.78 is 43.1. The highest BCUT2D eigenvalue weighted by atomic mass is 19.3. The molecule has 0 atom stereocenters. The van der Waals surface area contributed by atoms with Gasteiger partial charge in [-0.1, -0.05) is 0 Å². The number of alkyl halides is 2. The minimum absolute atomic E-state index is 0.0105. The van der Waals surface area contributed by atoms with Gasteiger partial charge in [-0.05, 0) is 43.3 Å². The van der Waals surface area contributed by atoms with Crippen LogP contribution in [0.25, 0.3) is 16.9 Å². The Kier molecular flexibility index (Phi) is 5.21. The molecular formula is C20H17F3N6O. The molecule has 1 aromatic carbocycles. The van der Waals surface area contributed by atoms with E-state index in [1.165, 1.54) is 36.5 Å². The normalized spacial score (nSPS) is 11.4. The smallest absolute Gasteiger partial charge is 0.280 e. The highest BCUT2D eigenvalue weighted by Gasteiger charge is 2.21. The zero-order valence-electron chi connectivity index (χ0n) is 15.9. The van der Waals surface area contributed by atoms with Crippen LogP contribution in [0.3, 0.4) is 0 Å². The largest absolute Gasteiger partial charge is 0.346 e. The number of hydrogen-bond acceptors (Lipinski definition) is 4. The van der Waals surface area contributed by atoms with Gasteiger partial charge in [0.2, 0.25) is 0 Å². The Bertz CT molecular complexity index is 1200. The van der Waals surface area contributed by atoms with Crippen molar-refractivity contribution in [2.45, 2.75) is 26.4 Å². The molecule has 3 heterocycles. The van der Waals surface area contributed by atoms with E-state index in [1.807, 2.05) is 6.92 Å². The summed E-state index contributed by atoms with van der Waals surface area (Å²) in [6, 6.07) is 8.25. The standard InChI is InChI=1S/C20H17F3N6O/c1-2-28-8-7-14(27-28)10-24-20(30)15-11-25-29-17(18(22)23)9-16(26-19(15)29)12-3-5-13(21)6-4-12/h3-9,11,18H,2,10H2,1H3,(H,24,30). The Hall–Kier alpha value is -3.69. The summed E-state index contributed by atoms with van der Waals surface area (Å²) in [5, 5.41) is 10.9. The quantitative estimate of drug-likeness (QED) is 0.523. The zero-order chi connectivity index (χ0) is 21.3. The van der Waals surface area contributed by atoms with Crippen molar-refractivity contribution in [2.75, 3.05) is 0 Å². The molecule has 10 heteroatoms. The number of nitrogens with zero attached hydrogens (tertiary/aromatic N) is 5. The maximum absolute atomic E-state index is 13.6. The van der Waals surface area contributed by atoms with Crippen LogP contribution in [0.2, 0.25) is 0 Å². The number of hydrogen-bond donors (Lipinski definition) is 1. The Labute approximate surface area is 169 Å². The molecule has 4 rings (SSSR count). The van der Waals surface area contributed by atoms with Crippen LogP contribution < -0.4 is 5.32 Å². The van der Waals surface area contributed by atoms with Gasteiger partial charge in [0.15, 0.2) is 5.65 Å². The van der Waals surface area contributed by atoms with E-state index < -0.39 is 23.8 Å². The third-order valence-electron chi connectivity index (χ3n) is 4.56. The van der Waals surface area contributed by atoms with Crippen LogP contribution in [0.15, 0.2) is 48.8 Å². The van der Waals surface area contributed by atoms with E-state index in [0.29, 0.717) is 17.8 Å². The van der Waals surface area contributed by atoms with Crippen molar-refractivity contribution >= 4 is 11.6 Å².